The first-order chi connectivity index (χ1) is 7.68. The number of fused-ring (bicyclic) bond motifs is 3. The van der Waals surface area contributed by atoms with E-state index in [0.717, 1.165) is 21.9 Å². The molecule has 0 aliphatic heterocycles. The van der Waals surface area contributed by atoms with Crippen LogP contribution in [0.4, 0.5) is 0 Å². The molecule has 0 spiro atoms. The Hall–Kier alpha value is -1.67. The molecule has 0 saturated carbocycles. The van der Waals surface area contributed by atoms with Crippen molar-refractivity contribution in [2.24, 2.45) is 5.73 Å². The predicted octanol–water partition coefficient (Wildman–Crippen LogP) is 2.21. The third-order valence-corrected chi connectivity index (χ3v) is 3.36. The fraction of sp³-hybridized carbons (Fsp3) is 0.214. The van der Waals surface area contributed by atoms with Crippen LogP contribution in [0.3, 0.4) is 0 Å². The van der Waals surface area contributed by atoms with E-state index in [2.05, 4.69) is 19.1 Å². The highest BCUT2D eigenvalue weighted by Gasteiger charge is 2.29. The molecule has 0 amide bonds. The lowest BCUT2D eigenvalue weighted by molar-refractivity contribution is 0.0976. The highest BCUT2D eigenvalue weighted by Crippen LogP contribution is 2.31. The number of hydrogen-bond acceptors (Lipinski definition) is 2. The Kier molecular flexibility index (Phi) is 1.88. The van der Waals surface area contributed by atoms with Gasteiger partial charge in [0.05, 0.1) is 6.04 Å². The van der Waals surface area contributed by atoms with Gasteiger partial charge in [-0.1, -0.05) is 30.3 Å². The Morgan fingerprint density at radius 3 is 2.69 bits per heavy atom. The van der Waals surface area contributed by atoms with Gasteiger partial charge < -0.3 is 5.73 Å². The number of hydrogen-bond donors (Lipinski definition) is 1. The number of nitrogens with two attached hydrogens (primary N) is 1. The highest BCUT2D eigenvalue weighted by molar-refractivity contribution is 6.14. The zero-order valence-corrected chi connectivity index (χ0v) is 9.16. The van der Waals surface area contributed by atoms with Gasteiger partial charge >= 0.3 is 0 Å². The summed E-state index contributed by atoms with van der Waals surface area (Å²) < 4.78 is 0. The van der Waals surface area contributed by atoms with E-state index in [4.69, 9.17) is 5.73 Å². The normalized spacial score (nSPS) is 19.1. The molecule has 2 aromatic carbocycles. The molecular weight excluding hydrogens is 198 g/mol. The number of rotatable bonds is 0. The molecule has 2 aromatic rings. The molecule has 0 bridgehead atoms. The molecular formula is C14H13NO. The van der Waals surface area contributed by atoms with Crippen molar-refractivity contribution in [3.05, 3.63) is 47.0 Å². The summed E-state index contributed by atoms with van der Waals surface area (Å²) in [5.74, 6) is 0.0891. The Morgan fingerprint density at radius 1 is 1.25 bits per heavy atom. The van der Waals surface area contributed by atoms with E-state index in [9.17, 15) is 4.79 Å². The molecule has 0 heterocycles. The van der Waals surface area contributed by atoms with Crippen LogP contribution in [0.25, 0.3) is 10.8 Å². The van der Waals surface area contributed by atoms with E-state index in [1.54, 1.807) is 0 Å². The molecule has 0 fully saturated rings. The second-order valence-electron chi connectivity index (χ2n) is 4.45. The highest BCUT2D eigenvalue weighted by atomic mass is 16.1. The summed E-state index contributed by atoms with van der Waals surface area (Å²) >= 11 is 0. The van der Waals surface area contributed by atoms with E-state index in [1.165, 1.54) is 5.56 Å². The maximum Gasteiger partial charge on any atom is 0.180 e. The topological polar surface area (TPSA) is 43.1 Å². The predicted molar refractivity (Wildman–Crippen MR) is 64.7 cm³/mol. The Balaban J connectivity index is 2.45. The average Bonchev–Trinajstić information content (AvgIpc) is 2.55. The van der Waals surface area contributed by atoms with Crippen LogP contribution in [-0.2, 0) is 6.42 Å². The van der Waals surface area contributed by atoms with Crippen molar-refractivity contribution < 1.29 is 4.79 Å². The minimum absolute atomic E-state index is 0.0891. The summed E-state index contributed by atoms with van der Waals surface area (Å²) in [6.45, 7) is 2.08. The Bertz CT molecular complexity index is 601. The average molecular weight is 211 g/mol. The van der Waals surface area contributed by atoms with Crippen LogP contribution in [-0.4, -0.2) is 11.8 Å². The number of Topliss-reactive ketones (excluding diaryl/α,β-unsaturated/α-hetero) is 1. The van der Waals surface area contributed by atoms with Crippen LogP contribution in [0.5, 0.6) is 0 Å². The van der Waals surface area contributed by atoms with Gasteiger partial charge in [-0.3, -0.25) is 4.79 Å². The van der Waals surface area contributed by atoms with Crippen LogP contribution < -0.4 is 5.73 Å². The molecule has 2 N–H and O–H groups in total. The molecule has 0 radical (unpaired) electrons. The molecule has 3 rings (SSSR count). The summed E-state index contributed by atoms with van der Waals surface area (Å²) in [6, 6.07) is 9.79. The third-order valence-electron chi connectivity index (χ3n) is 3.36. The van der Waals surface area contributed by atoms with Gasteiger partial charge in [-0.15, -0.1) is 0 Å². The van der Waals surface area contributed by atoms with Gasteiger partial charge in [0.1, 0.15) is 0 Å². The van der Waals surface area contributed by atoms with Crippen LogP contribution in [0.15, 0.2) is 30.3 Å². The van der Waals surface area contributed by atoms with Crippen molar-refractivity contribution in [1.29, 1.82) is 0 Å². The summed E-state index contributed by atoms with van der Waals surface area (Å²) in [6.07, 6.45) is 0.680. The maximum absolute atomic E-state index is 12.0. The molecule has 80 valence electrons. The van der Waals surface area contributed by atoms with Crippen molar-refractivity contribution >= 4 is 16.6 Å². The van der Waals surface area contributed by atoms with Gasteiger partial charge in [0.2, 0.25) is 0 Å². The second-order valence-corrected chi connectivity index (χ2v) is 4.45. The summed E-state index contributed by atoms with van der Waals surface area (Å²) in [5.41, 5.74) is 8.99. The standard InChI is InChI=1S/C14H13NO/c1-8-6-9-7-12(15)14(16)13(9)11-5-3-2-4-10(8)11/h2-6,12H,7,15H2,1H3. The Morgan fingerprint density at radius 2 is 1.94 bits per heavy atom. The van der Waals surface area contributed by atoms with E-state index in [1.807, 2.05) is 18.2 Å². The second kappa shape index (κ2) is 3.16. The van der Waals surface area contributed by atoms with Gasteiger partial charge in [0.25, 0.3) is 0 Å². The summed E-state index contributed by atoms with van der Waals surface area (Å²) in [4.78, 5) is 12.0. The van der Waals surface area contributed by atoms with Crippen LogP contribution >= 0.6 is 0 Å². The van der Waals surface area contributed by atoms with Crippen molar-refractivity contribution in [3.63, 3.8) is 0 Å². The van der Waals surface area contributed by atoms with E-state index in [0.29, 0.717) is 6.42 Å². The number of aryl methyl sites for hydroxylation is 1. The lowest BCUT2D eigenvalue weighted by Crippen LogP contribution is -2.26. The first-order valence-corrected chi connectivity index (χ1v) is 5.49. The van der Waals surface area contributed by atoms with Crippen molar-refractivity contribution in [3.8, 4) is 0 Å². The van der Waals surface area contributed by atoms with E-state index in [-0.39, 0.29) is 11.8 Å². The fourth-order valence-corrected chi connectivity index (χ4v) is 2.60. The Labute approximate surface area is 94.1 Å². The first-order valence-electron chi connectivity index (χ1n) is 5.49. The van der Waals surface area contributed by atoms with Gasteiger partial charge in [0, 0.05) is 5.56 Å². The first kappa shape index (κ1) is 9.55. The molecule has 2 heteroatoms. The van der Waals surface area contributed by atoms with Gasteiger partial charge in [-0.25, -0.2) is 0 Å². The van der Waals surface area contributed by atoms with Crippen molar-refractivity contribution in [2.45, 2.75) is 19.4 Å². The molecule has 0 saturated heterocycles. The van der Waals surface area contributed by atoms with Gasteiger partial charge in [-0.05, 0) is 35.2 Å². The maximum atomic E-state index is 12.0. The van der Waals surface area contributed by atoms with Gasteiger partial charge in [-0.2, -0.15) is 0 Å². The third kappa shape index (κ3) is 1.14. The molecule has 1 atom stereocenters. The minimum Gasteiger partial charge on any atom is -0.321 e. The largest absolute Gasteiger partial charge is 0.321 e. The zero-order chi connectivity index (χ0) is 11.3. The number of benzene rings is 2. The molecule has 2 nitrogen and oxygen atoms in total. The fourth-order valence-electron chi connectivity index (χ4n) is 2.60. The van der Waals surface area contributed by atoms with Gasteiger partial charge in [0.15, 0.2) is 5.78 Å². The quantitative estimate of drug-likeness (QED) is 0.726. The molecule has 16 heavy (non-hydrogen) atoms. The monoisotopic (exact) mass is 211 g/mol. The van der Waals surface area contributed by atoms with Crippen LogP contribution in [0, 0.1) is 6.92 Å². The van der Waals surface area contributed by atoms with Crippen LogP contribution in [0.2, 0.25) is 0 Å². The zero-order valence-electron chi connectivity index (χ0n) is 9.16. The van der Waals surface area contributed by atoms with Crippen molar-refractivity contribution in [2.75, 3.05) is 0 Å². The molecule has 0 aromatic heterocycles. The smallest absolute Gasteiger partial charge is 0.180 e. The molecule has 1 aliphatic rings. The number of carbonyl (C=O) groups is 1. The summed E-state index contributed by atoms with van der Waals surface area (Å²) in [7, 11) is 0. The minimum atomic E-state index is -0.347. The lowest BCUT2D eigenvalue weighted by atomic mass is 9.97. The number of carbonyl (C=O) groups excluding carboxylic acids is 1. The van der Waals surface area contributed by atoms with E-state index >= 15 is 0 Å². The SMILES string of the molecule is Cc1cc2c(c3ccccc13)C(=O)C(N)C2. The summed E-state index contributed by atoms with van der Waals surface area (Å²) in [5, 5.41) is 2.21. The molecule has 1 aliphatic carbocycles. The van der Waals surface area contributed by atoms with Crippen LogP contribution in [0.1, 0.15) is 21.5 Å². The number of ketones is 1. The lowest BCUT2D eigenvalue weighted by Gasteiger charge is -2.07. The van der Waals surface area contributed by atoms with E-state index < -0.39 is 0 Å². The molecule has 1 unspecified atom stereocenters. The van der Waals surface area contributed by atoms with Crippen molar-refractivity contribution in [1.82, 2.24) is 0 Å².